The van der Waals surface area contributed by atoms with Gasteiger partial charge >= 0.3 is 0 Å². The van der Waals surface area contributed by atoms with Crippen molar-refractivity contribution in [3.8, 4) is 0 Å². The van der Waals surface area contributed by atoms with Gasteiger partial charge in [-0.1, -0.05) is 112 Å². The van der Waals surface area contributed by atoms with Crippen LogP contribution < -0.4 is 0 Å². The average Bonchev–Trinajstić information content (AvgIpc) is 3.14. The Kier molecular flexibility index (Phi) is 11.4. The zero-order valence-corrected chi connectivity index (χ0v) is 30.9. The van der Waals surface area contributed by atoms with Gasteiger partial charge in [-0.15, -0.1) is 0 Å². The SMILES string of the molecule is Cc1cc(C=Nc2c(C3CCCCC3)cc(C)cc2C2CCCCC2)nc(C=Nc2c(C3CCCCC3)cc(C)cc2C2CCCCC2)c1. The second-order valence-corrected chi connectivity index (χ2v) is 16.4. The summed E-state index contributed by atoms with van der Waals surface area (Å²) in [6.45, 7) is 6.79. The van der Waals surface area contributed by atoms with E-state index in [0.29, 0.717) is 23.7 Å². The Balaban J connectivity index is 1.24. The molecule has 0 N–H and O–H groups in total. The van der Waals surface area contributed by atoms with E-state index < -0.39 is 0 Å². The molecule has 3 aromatic rings. The summed E-state index contributed by atoms with van der Waals surface area (Å²) in [5, 5.41) is 0. The van der Waals surface area contributed by atoms with Gasteiger partial charge in [0.15, 0.2) is 0 Å². The van der Waals surface area contributed by atoms with Crippen molar-refractivity contribution in [3.63, 3.8) is 0 Å². The topological polar surface area (TPSA) is 37.6 Å². The maximum atomic E-state index is 5.40. The molecular weight excluding hydrogens is 595 g/mol. The molecule has 4 fully saturated rings. The molecule has 4 aliphatic carbocycles. The Morgan fingerprint density at radius 3 is 0.959 bits per heavy atom. The average molecular weight is 656 g/mol. The first-order valence-corrected chi connectivity index (χ1v) is 20.4. The number of aliphatic imine (C=N–C) groups is 2. The van der Waals surface area contributed by atoms with Crippen molar-refractivity contribution in [1.29, 1.82) is 0 Å². The fraction of sp³-hybridized carbons (Fsp3) is 0.587. The molecule has 4 saturated carbocycles. The Hall–Kier alpha value is -3.07. The lowest BCUT2D eigenvalue weighted by atomic mass is 9.78. The summed E-state index contributed by atoms with van der Waals surface area (Å²) in [4.78, 5) is 16.0. The minimum atomic E-state index is 0.627. The Morgan fingerprint density at radius 1 is 0.408 bits per heavy atom. The summed E-state index contributed by atoms with van der Waals surface area (Å²) in [5.74, 6) is 2.51. The molecule has 0 spiro atoms. The molecule has 0 aliphatic heterocycles. The van der Waals surface area contributed by atoms with Crippen LogP contribution in [0.5, 0.6) is 0 Å². The Bertz CT molecular complexity index is 1430. The molecule has 0 amide bonds. The van der Waals surface area contributed by atoms with Crippen molar-refractivity contribution < 1.29 is 0 Å². The predicted octanol–water partition coefficient (Wildman–Crippen LogP) is 13.7. The van der Waals surface area contributed by atoms with Crippen molar-refractivity contribution in [2.45, 2.75) is 173 Å². The van der Waals surface area contributed by atoms with Gasteiger partial charge in [0, 0.05) is 0 Å². The van der Waals surface area contributed by atoms with Crippen molar-refractivity contribution in [2.75, 3.05) is 0 Å². The number of rotatable bonds is 8. The lowest BCUT2D eigenvalue weighted by Gasteiger charge is -2.29. The molecule has 49 heavy (non-hydrogen) atoms. The molecule has 1 aromatic heterocycles. The van der Waals surface area contributed by atoms with Gasteiger partial charge in [0.05, 0.1) is 35.2 Å². The monoisotopic (exact) mass is 655 g/mol. The molecule has 260 valence electrons. The van der Waals surface area contributed by atoms with Crippen LogP contribution in [-0.2, 0) is 0 Å². The third-order valence-corrected chi connectivity index (χ3v) is 12.5. The quantitative estimate of drug-likeness (QED) is 0.223. The number of hydrogen-bond acceptors (Lipinski definition) is 3. The zero-order chi connectivity index (χ0) is 33.6. The minimum Gasteiger partial charge on any atom is -0.254 e. The summed E-state index contributed by atoms with van der Waals surface area (Å²) in [6, 6.07) is 14.3. The van der Waals surface area contributed by atoms with Crippen LogP contribution in [0.2, 0.25) is 0 Å². The molecule has 0 atom stereocenters. The summed E-state index contributed by atoms with van der Waals surface area (Å²) in [5.41, 5.74) is 14.4. The van der Waals surface area contributed by atoms with Gasteiger partial charge < -0.3 is 0 Å². The second kappa shape index (κ2) is 16.3. The van der Waals surface area contributed by atoms with E-state index in [9.17, 15) is 0 Å². The predicted molar refractivity (Wildman–Crippen MR) is 209 cm³/mol. The van der Waals surface area contributed by atoms with Gasteiger partial charge in [-0.3, -0.25) is 9.98 Å². The van der Waals surface area contributed by atoms with E-state index in [1.165, 1.54) is 179 Å². The molecule has 0 bridgehead atoms. The van der Waals surface area contributed by atoms with Crippen LogP contribution in [0, 0.1) is 20.8 Å². The van der Waals surface area contributed by atoms with Gasteiger partial charge in [0.25, 0.3) is 0 Å². The highest BCUT2D eigenvalue weighted by atomic mass is 14.8. The van der Waals surface area contributed by atoms with Crippen LogP contribution in [0.25, 0.3) is 0 Å². The van der Waals surface area contributed by atoms with Crippen LogP contribution in [0.1, 0.15) is 202 Å². The van der Waals surface area contributed by atoms with Crippen molar-refractivity contribution >= 4 is 23.8 Å². The summed E-state index contributed by atoms with van der Waals surface area (Å²) in [6.07, 6.45) is 30.7. The fourth-order valence-corrected chi connectivity index (χ4v) is 9.98. The highest BCUT2D eigenvalue weighted by Gasteiger charge is 2.27. The van der Waals surface area contributed by atoms with Gasteiger partial charge in [-0.05, 0) is 136 Å². The van der Waals surface area contributed by atoms with Crippen LogP contribution in [0.4, 0.5) is 11.4 Å². The first-order valence-electron chi connectivity index (χ1n) is 20.4. The summed E-state index contributed by atoms with van der Waals surface area (Å²) >= 11 is 0. The Labute approximate surface area is 297 Å². The molecule has 3 nitrogen and oxygen atoms in total. The molecule has 3 heteroatoms. The van der Waals surface area contributed by atoms with E-state index in [2.05, 4.69) is 69.6 Å². The number of aryl methyl sites for hydroxylation is 3. The van der Waals surface area contributed by atoms with Crippen LogP contribution in [0.15, 0.2) is 46.4 Å². The maximum Gasteiger partial charge on any atom is 0.0823 e. The Morgan fingerprint density at radius 2 is 0.673 bits per heavy atom. The van der Waals surface area contributed by atoms with Crippen molar-refractivity contribution in [3.05, 3.63) is 86.7 Å². The van der Waals surface area contributed by atoms with Crippen molar-refractivity contribution in [2.24, 2.45) is 9.98 Å². The zero-order valence-electron chi connectivity index (χ0n) is 30.9. The first-order chi connectivity index (χ1) is 24.0. The first kappa shape index (κ1) is 34.4. The van der Waals surface area contributed by atoms with E-state index in [0.717, 1.165) is 11.4 Å². The van der Waals surface area contributed by atoms with E-state index in [1.807, 2.05) is 0 Å². The maximum absolute atomic E-state index is 5.40. The van der Waals surface area contributed by atoms with E-state index in [1.54, 1.807) is 0 Å². The highest BCUT2D eigenvalue weighted by molar-refractivity contribution is 5.86. The molecule has 2 aromatic carbocycles. The van der Waals surface area contributed by atoms with Gasteiger partial charge in [-0.2, -0.15) is 0 Å². The van der Waals surface area contributed by atoms with Crippen molar-refractivity contribution in [1.82, 2.24) is 4.98 Å². The highest BCUT2D eigenvalue weighted by Crippen LogP contribution is 2.46. The summed E-state index contributed by atoms with van der Waals surface area (Å²) in [7, 11) is 0. The molecule has 7 rings (SSSR count). The molecule has 1 heterocycles. The number of aromatic nitrogens is 1. The molecular formula is C46H61N3. The normalized spacial score (nSPS) is 20.9. The summed E-state index contributed by atoms with van der Waals surface area (Å²) < 4.78 is 0. The van der Waals surface area contributed by atoms with E-state index in [-0.39, 0.29) is 0 Å². The third-order valence-electron chi connectivity index (χ3n) is 12.5. The number of nitrogens with zero attached hydrogens (tertiary/aromatic N) is 3. The standard InChI is InChI=1S/C46H61N3/c1-32-24-39(30-47-45-41(35-16-8-4-9-17-35)26-33(2)27-42(45)36-18-10-5-11-19-36)49-40(25-32)31-48-46-43(37-20-12-6-13-21-37)28-34(3)29-44(46)38-22-14-7-15-23-38/h24-31,35-38H,4-23H2,1-3H3. The lowest BCUT2D eigenvalue weighted by molar-refractivity contribution is 0.436. The lowest BCUT2D eigenvalue weighted by Crippen LogP contribution is -2.10. The largest absolute Gasteiger partial charge is 0.254 e. The molecule has 4 aliphatic rings. The molecule has 0 saturated heterocycles. The van der Waals surface area contributed by atoms with E-state index in [4.69, 9.17) is 15.0 Å². The minimum absolute atomic E-state index is 0.627. The van der Waals surface area contributed by atoms with Gasteiger partial charge in [-0.25, -0.2) is 4.98 Å². The molecule has 0 radical (unpaired) electrons. The number of hydrogen-bond donors (Lipinski definition) is 0. The van der Waals surface area contributed by atoms with Crippen LogP contribution in [0.3, 0.4) is 0 Å². The van der Waals surface area contributed by atoms with Crippen LogP contribution in [-0.4, -0.2) is 17.4 Å². The second-order valence-electron chi connectivity index (χ2n) is 16.4. The number of benzene rings is 2. The third kappa shape index (κ3) is 8.46. The van der Waals surface area contributed by atoms with Gasteiger partial charge in [0.1, 0.15) is 0 Å². The van der Waals surface area contributed by atoms with E-state index >= 15 is 0 Å². The molecule has 0 unspecified atom stereocenters. The smallest absolute Gasteiger partial charge is 0.0823 e. The van der Waals surface area contributed by atoms with Crippen LogP contribution >= 0.6 is 0 Å². The number of pyridine rings is 1. The fourth-order valence-electron chi connectivity index (χ4n) is 9.98. The van der Waals surface area contributed by atoms with Gasteiger partial charge in [0.2, 0.25) is 0 Å².